The Kier molecular flexibility index (Phi) is 5.40. The number of rotatable bonds is 6. The van der Waals surface area contributed by atoms with E-state index in [-0.39, 0.29) is 5.89 Å². The third-order valence-corrected chi connectivity index (χ3v) is 5.25. The zero-order valence-corrected chi connectivity index (χ0v) is 18.2. The van der Waals surface area contributed by atoms with Crippen molar-refractivity contribution in [3.05, 3.63) is 95.8 Å². The molecule has 5 aromatic rings. The van der Waals surface area contributed by atoms with Crippen molar-refractivity contribution in [3.63, 3.8) is 0 Å². The van der Waals surface area contributed by atoms with E-state index in [2.05, 4.69) is 15.3 Å². The number of ether oxygens (including phenoxy) is 1. The Balaban J connectivity index is 1.57. The third-order valence-electron chi connectivity index (χ3n) is 5.25. The second kappa shape index (κ2) is 8.66. The number of benzene rings is 2. The second-order valence-electron chi connectivity index (χ2n) is 7.65. The Morgan fingerprint density at radius 3 is 2.48 bits per heavy atom. The Labute approximate surface area is 189 Å². The molecule has 3 heterocycles. The molecule has 0 amide bonds. The van der Waals surface area contributed by atoms with Crippen molar-refractivity contribution < 1.29 is 13.9 Å². The van der Waals surface area contributed by atoms with Crippen molar-refractivity contribution >= 4 is 17.0 Å². The fourth-order valence-electron chi connectivity index (χ4n) is 3.60. The van der Waals surface area contributed by atoms with Crippen LogP contribution in [0.25, 0.3) is 22.3 Å². The Morgan fingerprint density at radius 1 is 1.06 bits per heavy atom. The molecule has 0 aliphatic carbocycles. The zero-order chi connectivity index (χ0) is 22.8. The summed E-state index contributed by atoms with van der Waals surface area (Å²) < 4.78 is 12.9. The number of aryl methyl sites for hydroxylation is 1. The largest absolute Gasteiger partial charge is 0.449 e. The lowest BCUT2D eigenvalue weighted by Gasteiger charge is -2.12. The Morgan fingerprint density at radius 2 is 1.79 bits per heavy atom. The lowest BCUT2D eigenvalue weighted by Crippen LogP contribution is -2.11. The van der Waals surface area contributed by atoms with Crippen LogP contribution in [0.1, 0.15) is 40.7 Å². The molecule has 0 N–H and O–H groups in total. The Bertz CT molecular complexity index is 1410. The van der Waals surface area contributed by atoms with Crippen LogP contribution in [0.3, 0.4) is 0 Å². The minimum atomic E-state index is -0.693. The summed E-state index contributed by atoms with van der Waals surface area (Å²) in [4.78, 5) is 18.1. The molecule has 0 fully saturated rings. The average molecular weight is 439 g/mol. The van der Waals surface area contributed by atoms with E-state index >= 15 is 0 Å². The fourth-order valence-corrected chi connectivity index (χ4v) is 3.60. The van der Waals surface area contributed by atoms with E-state index in [0.29, 0.717) is 34.7 Å². The predicted octanol–water partition coefficient (Wildman–Crippen LogP) is 4.76. The van der Waals surface area contributed by atoms with Gasteiger partial charge in [0, 0.05) is 12.5 Å². The minimum absolute atomic E-state index is 0.245. The van der Waals surface area contributed by atoms with Crippen LogP contribution in [-0.2, 0) is 11.3 Å². The van der Waals surface area contributed by atoms with Gasteiger partial charge in [-0.05, 0) is 18.6 Å². The number of carbonyl (C=O) groups excluding carboxylic acids is 1. The van der Waals surface area contributed by atoms with E-state index in [1.54, 1.807) is 30.8 Å². The molecular formula is C25H21N5O3. The lowest BCUT2D eigenvalue weighted by atomic mass is 10.1. The first-order valence-corrected chi connectivity index (χ1v) is 10.6. The molecule has 1 atom stereocenters. The quantitative estimate of drug-likeness (QED) is 0.352. The molecule has 5 rings (SSSR count). The highest BCUT2D eigenvalue weighted by atomic mass is 16.6. The number of fused-ring (bicyclic) bond motifs is 1. The summed E-state index contributed by atoms with van der Waals surface area (Å²) in [6.07, 6.45) is 0.958. The van der Waals surface area contributed by atoms with Gasteiger partial charge >= 0.3 is 5.97 Å². The number of aromatic nitrogens is 5. The van der Waals surface area contributed by atoms with Crippen LogP contribution in [0.5, 0.6) is 0 Å². The van der Waals surface area contributed by atoms with Crippen LogP contribution in [0.4, 0.5) is 0 Å². The van der Waals surface area contributed by atoms with E-state index in [9.17, 15) is 4.79 Å². The maximum Gasteiger partial charge on any atom is 0.339 e. The first-order chi connectivity index (χ1) is 16.1. The van der Waals surface area contributed by atoms with E-state index in [4.69, 9.17) is 14.1 Å². The van der Waals surface area contributed by atoms with Gasteiger partial charge in [-0.25, -0.2) is 14.5 Å². The fraction of sp³-hybridized carbons (Fsp3) is 0.160. The molecule has 1 unspecified atom stereocenters. The van der Waals surface area contributed by atoms with Crippen LogP contribution in [0.2, 0.25) is 0 Å². The molecular weight excluding hydrogens is 418 g/mol. The van der Waals surface area contributed by atoms with E-state index in [1.165, 1.54) is 0 Å². The summed E-state index contributed by atoms with van der Waals surface area (Å²) in [7, 11) is 0. The zero-order valence-electron chi connectivity index (χ0n) is 18.2. The van der Waals surface area contributed by atoms with Gasteiger partial charge in [0.05, 0.1) is 29.4 Å². The van der Waals surface area contributed by atoms with Gasteiger partial charge in [0.15, 0.2) is 11.8 Å². The second-order valence-corrected chi connectivity index (χ2v) is 7.65. The van der Waals surface area contributed by atoms with E-state index < -0.39 is 12.1 Å². The third kappa shape index (κ3) is 4.23. The molecule has 8 nitrogen and oxygen atoms in total. The predicted molar refractivity (Wildman–Crippen MR) is 121 cm³/mol. The van der Waals surface area contributed by atoms with Crippen LogP contribution >= 0.6 is 0 Å². The SMILES string of the molecule is Cc1nnc(C(C)OC(=O)c2cc(-c3ccccc3)nc3c2cnn3Cc2ccccc2)o1. The van der Waals surface area contributed by atoms with Gasteiger partial charge in [-0.3, -0.25) is 0 Å². The number of esters is 1. The molecule has 0 aliphatic rings. The van der Waals surface area contributed by atoms with Crippen molar-refractivity contribution in [3.8, 4) is 11.3 Å². The van der Waals surface area contributed by atoms with Gasteiger partial charge in [0.25, 0.3) is 5.89 Å². The van der Waals surface area contributed by atoms with Gasteiger partial charge in [0.1, 0.15) is 0 Å². The summed E-state index contributed by atoms with van der Waals surface area (Å²) in [5.74, 6) is 0.143. The number of carbonyl (C=O) groups is 1. The monoisotopic (exact) mass is 439 g/mol. The van der Waals surface area contributed by atoms with Crippen molar-refractivity contribution in [1.82, 2.24) is 25.0 Å². The molecule has 0 bridgehead atoms. The average Bonchev–Trinajstić information content (AvgIpc) is 3.46. The minimum Gasteiger partial charge on any atom is -0.449 e. The molecule has 0 aliphatic heterocycles. The molecule has 33 heavy (non-hydrogen) atoms. The topological polar surface area (TPSA) is 95.9 Å². The smallest absolute Gasteiger partial charge is 0.339 e. The molecule has 8 heteroatoms. The van der Waals surface area contributed by atoms with E-state index in [0.717, 1.165) is 11.1 Å². The highest BCUT2D eigenvalue weighted by molar-refractivity contribution is 6.03. The van der Waals surface area contributed by atoms with Gasteiger partial charge in [-0.2, -0.15) is 5.10 Å². The van der Waals surface area contributed by atoms with Crippen LogP contribution in [0, 0.1) is 6.92 Å². The number of nitrogens with zero attached hydrogens (tertiary/aromatic N) is 5. The highest BCUT2D eigenvalue weighted by Crippen LogP contribution is 2.27. The highest BCUT2D eigenvalue weighted by Gasteiger charge is 2.23. The number of hydrogen-bond donors (Lipinski definition) is 0. The molecule has 164 valence electrons. The normalized spacial score (nSPS) is 12.1. The molecule has 2 aromatic carbocycles. The van der Waals surface area contributed by atoms with Gasteiger partial charge in [-0.1, -0.05) is 60.7 Å². The van der Waals surface area contributed by atoms with Crippen LogP contribution in [0.15, 0.2) is 77.3 Å². The molecule has 0 spiro atoms. The van der Waals surface area contributed by atoms with Crippen molar-refractivity contribution in [2.45, 2.75) is 26.5 Å². The maximum absolute atomic E-state index is 13.2. The maximum atomic E-state index is 13.2. The lowest BCUT2D eigenvalue weighted by molar-refractivity contribution is 0.0279. The summed E-state index contributed by atoms with van der Waals surface area (Å²) in [5.41, 5.74) is 3.61. The number of hydrogen-bond acceptors (Lipinski definition) is 7. The molecule has 0 saturated heterocycles. The van der Waals surface area contributed by atoms with Crippen LogP contribution in [-0.4, -0.2) is 30.9 Å². The van der Waals surface area contributed by atoms with Gasteiger partial charge < -0.3 is 9.15 Å². The molecule has 0 radical (unpaired) electrons. The first kappa shape index (κ1) is 20.6. The Hall–Kier alpha value is -4.33. The van der Waals surface area contributed by atoms with E-state index in [1.807, 2.05) is 60.7 Å². The standard InChI is InChI=1S/C25H21N5O3/c1-16(24-29-28-17(2)33-24)32-25(31)20-13-22(19-11-7-4-8-12-19)27-23-21(20)14-26-30(23)15-18-9-5-3-6-10-18/h3-14,16H,15H2,1-2H3. The summed E-state index contributed by atoms with van der Waals surface area (Å²) >= 11 is 0. The summed E-state index contributed by atoms with van der Waals surface area (Å²) in [5, 5.41) is 12.9. The summed E-state index contributed by atoms with van der Waals surface area (Å²) in [6.45, 7) is 3.91. The van der Waals surface area contributed by atoms with Crippen molar-refractivity contribution in [2.24, 2.45) is 0 Å². The molecule has 3 aromatic heterocycles. The van der Waals surface area contributed by atoms with Gasteiger partial charge in [-0.15, -0.1) is 10.2 Å². The van der Waals surface area contributed by atoms with Crippen molar-refractivity contribution in [1.29, 1.82) is 0 Å². The molecule has 0 saturated carbocycles. The number of pyridine rings is 1. The van der Waals surface area contributed by atoms with Gasteiger partial charge in [0.2, 0.25) is 5.89 Å². The summed E-state index contributed by atoms with van der Waals surface area (Å²) in [6, 6.07) is 21.4. The first-order valence-electron chi connectivity index (χ1n) is 10.6. The van der Waals surface area contributed by atoms with Crippen LogP contribution < -0.4 is 0 Å². The van der Waals surface area contributed by atoms with Crippen molar-refractivity contribution in [2.75, 3.05) is 0 Å².